The molecule has 3 rings (SSSR count). The van der Waals surface area contributed by atoms with Crippen LogP contribution in [-0.4, -0.2) is 11.6 Å². The van der Waals surface area contributed by atoms with E-state index in [1.165, 1.54) is 5.56 Å². The first-order chi connectivity index (χ1) is 9.88. The van der Waals surface area contributed by atoms with Crippen LogP contribution in [0, 0.1) is 5.51 Å². The molecule has 0 amide bonds. The number of thiazole rings is 1. The first-order valence-electron chi connectivity index (χ1n) is 6.54. The van der Waals surface area contributed by atoms with E-state index in [1.54, 1.807) is 11.3 Å². The third-order valence-corrected chi connectivity index (χ3v) is 3.81. The van der Waals surface area contributed by atoms with Crippen molar-refractivity contribution in [2.45, 2.75) is 6.92 Å². The van der Waals surface area contributed by atoms with E-state index in [9.17, 15) is 0 Å². The van der Waals surface area contributed by atoms with Crippen LogP contribution in [0.15, 0.2) is 54.6 Å². The number of hydrogen-bond acceptors (Lipinski definition) is 3. The quantitative estimate of drug-likeness (QED) is 0.692. The normalized spacial score (nSPS) is 10.4. The zero-order chi connectivity index (χ0) is 13.8. The van der Waals surface area contributed by atoms with E-state index in [0.29, 0.717) is 6.61 Å². The summed E-state index contributed by atoms with van der Waals surface area (Å²) in [6.45, 7) is 2.66. The van der Waals surface area contributed by atoms with Gasteiger partial charge in [-0.05, 0) is 36.8 Å². The Kier molecular flexibility index (Phi) is 3.79. The fourth-order valence-electron chi connectivity index (χ4n) is 2.07. The lowest BCUT2D eigenvalue weighted by Gasteiger charge is -2.05. The first-order valence-corrected chi connectivity index (χ1v) is 7.35. The second-order valence-electron chi connectivity index (χ2n) is 4.31. The molecule has 1 aromatic heterocycles. The summed E-state index contributed by atoms with van der Waals surface area (Å²) < 4.78 is 5.47. The zero-order valence-corrected chi connectivity index (χ0v) is 12.0. The maximum absolute atomic E-state index is 5.47. The predicted octanol–water partition coefficient (Wildman–Crippen LogP) is 4.68. The Balaban J connectivity index is 1.97. The van der Waals surface area contributed by atoms with Crippen molar-refractivity contribution in [3.63, 3.8) is 0 Å². The molecule has 1 radical (unpaired) electrons. The molecular formula is C17H14NOS. The largest absolute Gasteiger partial charge is 0.494 e. The van der Waals surface area contributed by atoms with E-state index < -0.39 is 0 Å². The molecule has 3 heteroatoms. The molecule has 99 valence electrons. The van der Waals surface area contributed by atoms with Gasteiger partial charge in [0, 0.05) is 5.56 Å². The Bertz CT molecular complexity index is 674. The van der Waals surface area contributed by atoms with Crippen molar-refractivity contribution in [2.75, 3.05) is 6.61 Å². The van der Waals surface area contributed by atoms with E-state index in [1.807, 2.05) is 49.4 Å². The van der Waals surface area contributed by atoms with Crippen LogP contribution in [0.2, 0.25) is 0 Å². The molecule has 0 spiro atoms. The number of benzene rings is 2. The van der Waals surface area contributed by atoms with Crippen LogP contribution in [0.1, 0.15) is 6.92 Å². The summed E-state index contributed by atoms with van der Waals surface area (Å²) in [5.41, 5.74) is 6.24. The van der Waals surface area contributed by atoms with Gasteiger partial charge in [-0.2, -0.15) is 0 Å². The van der Waals surface area contributed by atoms with Crippen LogP contribution in [0.25, 0.3) is 21.7 Å². The number of rotatable bonds is 4. The van der Waals surface area contributed by atoms with Crippen molar-refractivity contribution in [1.29, 1.82) is 0 Å². The molecule has 1 heterocycles. The third-order valence-electron chi connectivity index (χ3n) is 2.99. The van der Waals surface area contributed by atoms with Crippen LogP contribution >= 0.6 is 11.3 Å². The van der Waals surface area contributed by atoms with E-state index in [-0.39, 0.29) is 0 Å². The van der Waals surface area contributed by atoms with Crippen LogP contribution < -0.4 is 4.74 Å². The van der Waals surface area contributed by atoms with Crippen LogP contribution in [-0.2, 0) is 0 Å². The van der Waals surface area contributed by atoms with E-state index in [4.69, 9.17) is 4.74 Å². The molecule has 0 aliphatic heterocycles. The van der Waals surface area contributed by atoms with Gasteiger partial charge in [0.25, 0.3) is 0 Å². The summed E-state index contributed by atoms with van der Waals surface area (Å²) >= 11 is 1.54. The summed E-state index contributed by atoms with van der Waals surface area (Å²) in [6, 6.07) is 18.3. The van der Waals surface area contributed by atoms with E-state index in [2.05, 4.69) is 22.6 Å². The van der Waals surface area contributed by atoms with Gasteiger partial charge in [0.05, 0.1) is 17.2 Å². The Labute approximate surface area is 122 Å². The van der Waals surface area contributed by atoms with Gasteiger partial charge < -0.3 is 4.74 Å². The van der Waals surface area contributed by atoms with Gasteiger partial charge in [-0.3, -0.25) is 0 Å². The van der Waals surface area contributed by atoms with Gasteiger partial charge in [0.1, 0.15) is 5.75 Å². The molecule has 0 atom stereocenters. The predicted molar refractivity (Wildman–Crippen MR) is 83.0 cm³/mol. The maximum Gasteiger partial charge on any atom is 0.153 e. The van der Waals surface area contributed by atoms with Crippen molar-refractivity contribution >= 4 is 11.3 Å². The van der Waals surface area contributed by atoms with Gasteiger partial charge in [0.15, 0.2) is 5.51 Å². The minimum Gasteiger partial charge on any atom is -0.494 e. The molecule has 0 aliphatic rings. The van der Waals surface area contributed by atoms with E-state index >= 15 is 0 Å². The highest BCUT2D eigenvalue weighted by Crippen LogP contribution is 2.34. The van der Waals surface area contributed by atoms with Crippen molar-refractivity contribution in [3.8, 4) is 27.4 Å². The second-order valence-corrected chi connectivity index (χ2v) is 5.10. The molecule has 20 heavy (non-hydrogen) atoms. The molecular weight excluding hydrogens is 266 g/mol. The Morgan fingerprint density at radius 2 is 1.75 bits per heavy atom. The summed E-state index contributed by atoms with van der Waals surface area (Å²) in [6.07, 6.45) is 0. The lowest BCUT2D eigenvalue weighted by molar-refractivity contribution is 0.340. The van der Waals surface area contributed by atoms with Gasteiger partial charge in [-0.25, -0.2) is 4.98 Å². The highest BCUT2D eigenvalue weighted by atomic mass is 32.1. The Morgan fingerprint density at radius 3 is 2.45 bits per heavy atom. The molecule has 0 unspecified atom stereocenters. The first kappa shape index (κ1) is 12.9. The average Bonchev–Trinajstić information content (AvgIpc) is 2.99. The van der Waals surface area contributed by atoms with Crippen LogP contribution in [0.5, 0.6) is 5.75 Å². The molecule has 3 aromatic rings. The molecule has 2 nitrogen and oxygen atoms in total. The smallest absolute Gasteiger partial charge is 0.153 e. The van der Waals surface area contributed by atoms with Crippen LogP contribution in [0.3, 0.4) is 0 Å². The SMILES string of the molecule is CCOc1ccc(-c2n[c]sc2-c2ccccc2)cc1. The topological polar surface area (TPSA) is 22.1 Å². The lowest BCUT2D eigenvalue weighted by Crippen LogP contribution is -1.90. The average molecular weight is 280 g/mol. The summed E-state index contributed by atoms with van der Waals surface area (Å²) in [5.74, 6) is 0.886. The molecule has 0 fully saturated rings. The summed E-state index contributed by atoms with van der Waals surface area (Å²) in [4.78, 5) is 5.54. The Hall–Kier alpha value is -2.13. The van der Waals surface area contributed by atoms with Crippen molar-refractivity contribution in [3.05, 3.63) is 60.1 Å². The second kappa shape index (κ2) is 5.88. The van der Waals surface area contributed by atoms with Crippen molar-refractivity contribution in [1.82, 2.24) is 4.98 Å². The fraction of sp³-hybridized carbons (Fsp3) is 0.118. The molecule has 0 saturated carbocycles. The van der Waals surface area contributed by atoms with Gasteiger partial charge in [0.2, 0.25) is 0 Å². The minimum absolute atomic E-state index is 0.680. The number of aromatic nitrogens is 1. The van der Waals surface area contributed by atoms with Gasteiger partial charge in [-0.1, -0.05) is 30.3 Å². The van der Waals surface area contributed by atoms with Gasteiger partial charge >= 0.3 is 0 Å². The molecule has 0 aliphatic carbocycles. The standard InChI is InChI=1S/C17H14NOS/c1-2-19-15-10-8-13(9-11-15)16-17(20-12-18-16)14-6-4-3-5-7-14/h3-11H,2H2,1H3. The zero-order valence-electron chi connectivity index (χ0n) is 11.2. The highest BCUT2D eigenvalue weighted by molar-refractivity contribution is 7.13. The molecule has 0 bridgehead atoms. The number of ether oxygens (including phenoxy) is 1. The Morgan fingerprint density at radius 1 is 1.00 bits per heavy atom. The monoisotopic (exact) mass is 280 g/mol. The van der Waals surface area contributed by atoms with E-state index in [0.717, 1.165) is 21.9 Å². The summed E-state index contributed by atoms with van der Waals surface area (Å²) in [7, 11) is 0. The van der Waals surface area contributed by atoms with Crippen LogP contribution in [0.4, 0.5) is 0 Å². The number of hydrogen-bond donors (Lipinski definition) is 0. The number of nitrogens with zero attached hydrogens (tertiary/aromatic N) is 1. The van der Waals surface area contributed by atoms with Gasteiger partial charge in [-0.15, -0.1) is 11.3 Å². The molecule has 0 N–H and O–H groups in total. The molecule has 0 saturated heterocycles. The van der Waals surface area contributed by atoms with Crippen molar-refractivity contribution < 1.29 is 4.74 Å². The maximum atomic E-state index is 5.47. The van der Waals surface area contributed by atoms with Crippen molar-refractivity contribution in [2.24, 2.45) is 0 Å². The fourth-order valence-corrected chi connectivity index (χ4v) is 2.81. The third kappa shape index (κ3) is 2.58. The molecule has 2 aromatic carbocycles. The minimum atomic E-state index is 0.680. The lowest BCUT2D eigenvalue weighted by atomic mass is 10.1. The summed E-state index contributed by atoms with van der Waals surface area (Å²) in [5, 5.41) is 0. The highest BCUT2D eigenvalue weighted by Gasteiger charge is 2.10.